The van der Waals surface area contributed by atoms with Gasteiger partial charge in [0.15, 0.2) is 0 Å². The van der Waals surface area contributed by atoms with Crippen LogP contribution in [0.4, 0.5) is 10.7 Å². The van der Waals surface area contributed by atoms with Gasteiger partial charge < -0.3 is 11.1 Å². The van der Waals surface area contributed by atoms with E-state index in [0.717, 1.165) is 16.8 Å². The van der Waals surface area contributed by atoms with Crippen LogP contribution in [0.3, 0.4) is 0 Å². The molecule has 0 aliphatic rings. The second-order valence-corrected chi connectivity index (χ2v) is 5.02. The van der Waals surface area contributed by atoms with Crippen LogP contribution in [0.25, 0.3) is 0 Å². The Morgan fingerprint density at radius 1 is 1.24 bits per heavy atom. The van der Waals surface area contributed by atoms with Crippen LogP contribution in [0.15, 0.2) is 30.3 Å². The molecular formula is C13H14N2OS. The first-order valence-electron chi connectivity index (χ1n) is 5.31. The molecule has 2 aromatic rings. The number of nitrogen functional groups attached to an aromatic ring is 1. The Morgan fingerprint density at radius 3 is 2.65 bits per heavy atom. The maximum atomic E-state index is 11.9. The van der Waals surface area contributed by atoms with Gasteiger partial charge in [-0.3, -0.25) is 4.79 Å². The van der Waals surface area contributed by atoms with Crippen molar-refractivity contribution in [3.63, 3.8) is 0 Å². The Labute approximate surface area is 104 Å². The average Bonchev–Trinajstić information content (AvgIpc) is 2.72. The number of amides is 1. The molecule has 0 unspecified atom stereocenters. The van der Waals surface area contributed by atoms with E-state index in [0.29, 0.717) is 9.88 Å². The number of aryl methyl sites for hydroxylation is 1. The zero-order valence-electron chi connectivity index (χ0n) is 9.78. The van der Waals surface area contributed by atoms with E-state index in [2.05, 4.69) is 5.32 Å². The third-order valence-electron chi connectivity index (χ3n) is 2.70. The molecule has 1 aromatic carbocycles. The number of nitrogens with two attached hydrogens (primary N) is 1. The summed E-state index contributed by atoms with van der Waals surface area (Å²) in [6, 6.07) is 9.33. The summed E-state index contributed by atoms with van der Waals surface area (Å²) >= 11 is 1.29. The van der Waals surface area contributed by atoms with Crippen LogP contribution in [0, 0.1) is 13.8 Å². The van der Waals surface area contributed by atoms with E-state index in [1.165, 1.54) is 11.3 Å². The maximum Gasteiger partial charge on any atom is 0.265 e. The normalized spacial score (nSPS) is 10.2. The summed E-state index contributed by atoms with van der Waals surface area (Å²) < 4.78 is 0. The number of nitrogens with one attached hydrogen (secondary N) is 1. The SMILES string of the molecule is Cc1cccc(NC(=O)c2ccc(N)s2)c1C. The van der Waals surface area contributed by atoms with Gasteiger partial charge >= 0.3 is 0 Å². The van der Waals surface area contributed by atoms with Gasteiger partial charge in [-0.15, -0.1) is 11.3 Å². The number of benzene rings is 1. The second kappa shape index (κ2) is 4.59. The molecule has 17 heavy (non-hydrogen) atoms. The number of hydrogen-bond donors (Lipinski definition) is 2. The summed E-state index contributed by atoms with van der Waals surface area (Å²) in [5.41, 5.74) is 8.70. The van der Waals surface area contributed by atoms with Crippen molar-refractivity contribution in [2.45, 2.75) is 13.8 Å². The fourth-order valence-corrected chi connectivity index (χ4v) is 2.22. The standard InChI is InChI=1S/C13H14N2OS/c1-8-4-3-5-10(9(8)2)15-13(16)11-6-7-12(14)17-11/h3-7H,14H2,1-2H3,(H,15,16). The van der Waals surface area contributed by atoms with Gasteiger partial charge in [0.05, 0.1) is 9.88 Å². The number of carbonyl (C=O) groups is 1. The molecule has 3 N–H and O–H groups in total. The highest BCUT2D eigenvalue weighted by molar-refractivity contribution is 7.17. The van der Waals surface area contributed by atoms with Crippen molar-refractivity contribution in [2.24, 2.45) is 0 Å². The van der Waals surface area contributed by atoms with Gasteiger partial charge in [0.2, 0.25) is 0 Å². The Balaban J connectivity index is 2.21. The van der Waals surface area contributed by atoms with Crippen LogP contribution in [0.5, 0.6) is 0 Å². The average molecular weight is 246 g/mol. The van der Waals surface area contributed by atoms with Crippen molar-refractivity contribution in [3.8, 4) is 0 Å². The predicted molar refractivity (Wildman–Crippen MR) is 72.6 cm³/mol. The minimum atomic E-state index is -0.111. The Kier molecular flexibility index (Phi) is 3.15. The summed E-state index contributed by atoms with van der Waals surface area (Å²) in [7, 11) is 0. The molecule has 1 heterocycles. The molecule has 1 aromatic heterocycles. The number of anilines is 2. The first-order chi connectivity index (χ1) is 8.08. The maximum absolute atomic E-state index is 11.9. The molecule has 1 amide bonds. The molecule has 0 aliphatic heterocycles. The van der Waals surface area contributed by atoms with Gasteiger partial charge in [0.25, 0.3) is 5.91 Å². The second-order valence-electron chi connectivity index (χ2n) is 3.90. The monoisotopic (exact) mass is 246 g/mol. The highest BCUT2D eigenvalue weighted by Gasteiger charge is 2.10. The summed E-state index contributed by atoms with van der Waals surface area (Å²) in [6.45, 7) is 4.02. The molecule has 0 bridgehead atoms. The molecule has 4 heteroatoms. The van der Waals surface area contributed by atoms with Crippen molar-refractivity contribution >= 4 is 27.9 Å². The van der Waals surface area contributed by atoms with E-state index >= 15 is 0 Å². The van der Waals surface area contributed by atoms with E-state index in [-0.39, 0.29) is 5.91 Å². The molecule has 88 valence electrons. The quantitative estimate of drug-likeness (QED) is 0.855. The Morgan fingerprint density at radius 2 is 2.00 bits per heavy atom. The molecular weight excluding hydrogens is 232 g/mol. The van der Waals surface area contributed by atoms with Crippen LogP contribution in [0.1, 0.15) is 20.8 Å². The summed E-state index contributed by atoms with van der Waals surface area (Å²) in [5, 5.41) is 3.55. The van der Waals surface area contributed by atoms with E-state index < -0.39 is 0 Å². The molecule has 0 spiro atoms. The minimum Gasteiger partial charge on any atom is -0.391 e. The molecule has 0 fully saturated rings. The predicted octanol–water partition coefficient (Wildman–Crippen LogP) is 3.20. The number of thiophene rings is 1. The van der Waals surface area contributed by atoms with Gasteiger partial charge in [-0.05, 0) is 43.2 Å². The lowest BCUT2D eigenvalue weighted by molar-refractivity contribution is 0.103. The zero-order valence-corrected chi connectivity index (χ0v) is 10.6. The highest BCUT2D eigenvalue weighted by Crippen LogP contribution is 2.22. The van der Waals surface area contributed by atoms with Gasteiger partial charge in [-0.1, -0.05) is 12.1 Å². The first-order valence-corrected chi connectivity index (χ1v) is 6.12. The summed E-state index contributed by atoms with van der Waals surface area (Å²) in [6.07, 6.45) is 0. The lowest BCUT2D eigenvalue weighted by Gasteiger charge is -2.09. The van der Waals surface area contributed by atoms with Gasteiger partial charge in [-0.2, -0.15) is 0 Å². The van der Waals surface area contributed by atoms with Crippen LogP contribution >= 0.6 is 11.3 Å². The number of rotatable bonds is 2. The topological polar surface area (TPSA) is 55.1 Å². The van der Waals surface area contributed by atoms with Crippen molar-refractivity contribution in [1.82, 2.24) is 0 Å². The van der Waals surface area contributed by atoms with E-state index in [1.54, 1.807) is 12.1 Å². The lowest BCUT2D eigenvalue weighted by atomic mass is 10.1. The molecule has 0 atom stereocenters. The van der Waals surface area contributed by atoms with Crippen LogP contribution < -0.4 is 11.1 Å². The van der Waals surface area contributed by atoms with E-state index in [9.17, 15) is 4.79 Å². The van der Waals surface area contributed by atoms with E-state index in [1.807, 2.05) is 32.0 Å². The van der Waals surface area contributed by atoms with Gasteiger partial charge in [-0.25, -0.2) is 0 Å². The van der Waals surface area contributed by atoms with E-state index in [4.69, 9.17) is 5.73 Å². The Bertz CT molecular complexity index is 560. The minimum absolute atomic E-state index is 0.111. The molecule has 2 rings (SSSR count). The van der Waals surface area contributed by atoms with Crippen molar-refractivity contribution in [1.29, 1.82) is 0 Å². The molecule has 0 saturated carbocycles. The summed E-state index contributed by atoms with van der Waals surface area (Å²) in [5.74, 6) is -0.111. The zero-order chi connectivity index (χ0) is 12.4. The van der Waals surface area contributed by atoms with Gasteiger partial charge in [0.1, 0.15) is 0 Å². The van der Waals surface area contributed by atoms with Crippen LogP contribution in [0.2, 0.25) is 0 Å². The fourth-order valence-electron chi connectivity index (χ4n) is 1.55. The lowest BCUT2D eigenvalue weighted by Crippen LogP contribution is -2.11. The molecule has 0 aliphatic carbocycles. The van der Waals surface area contributed by atoms with Crippen molar-refractivity contribution in [2.75, 3.05) is 11.1 Å². The summed E-state index contributed by atoms with van der Waals surface area (Å²) in [4.78, 5) is 12.6. The highest BCUT2D eigenvalue weighted by atomic mass is 32.1. The smallest absolute Gasteiger partial charge is 0.265 e. The molecule has 3 nitrogen and oxygen atoms in total. The third kappa shape index (κ3) is 2.47. The third-order valence-corrected chi connectivity index (χ3v) is 3.62. The van der Waals surface area contributed by atoms with Crippen LogP contribution in [-0.2, 0) is 0 Å². The fraction of sp³-hybridized carbons (Fsp3) is 0.154. The first kappa shape index (κ1) is 11.7. The van der Waals surface area contributed by atoms with Crippen molar-refractivity contribution < 1.29 is 4.79 Å². The number of hydrogen-bond acceptors (Lipinski definition) is 3. The molecule has 0 saturated heterocycles. The molecule has 0 radical (unpaired) electrons. The largest absolute Gasteiger partial charge is 0.391 e. The van der Waals surface area contributed by atoms with Crippen molar-refractivity contribution in [3.05, 3.63) is 46.3 Å². The Hall–Kier alpha value is -1.81. The number of carbonyl (C=O) groups excluding carboxylic acids is 1. The van der Waals surface area contributed by atoms with Gasteiger partial charge in [0, 0.05) is 5.69 Å². The van der Waals surface area contributed by atoms with Crippen LogP contribution in [-0.4, -0.2) is 5.91 Å².